The molecule has 2 heterocycles. The van der Waals surface area contributed by atoms with Gasteiger partial charge in [0.1, 0.15) is 11.9 Å². The van der Waals surface area contributed by atoms with Crippen molar-refractivity contribution in [3.05, 3.63) is 60.4 Å². The first-order valence-corrected chi connectivity index (χ1v) is 11.2. The second-order valence-electron chi connectivity index (χ2n) is 7.35. The number of carbonyl (C=O) groups is 2. The smallest absolute Gasteiger partial charge is 0.267 e. The van der Waals surface area contributed by atoms with E-state index in [0.717, 1.165) is 9.99 Å². The number of amides is 2. The van der Waals surface area contributed by atoms with Gasteiger partial charge >= 0.3 is 0 Å². The Balaban J connectivity index is 1.48. The minimum absolute atomic E-state index is 0.000760. The molecule has 1 atom stereocenters. The van der Waals surface area contributed by atoms with E-state index in [-0.39, 0.29) is 29.5 Å². The molecule has 2 amide bonds. The number of nitrogens with zero attached hydrogens (tertiary/aromatic N) is 3. The summed E-state index contributed by atoms with van der Waals surface area (Å²) in [5, 5.41) is 0. The molecule has 2 aliphatic heterocycles. The number of hydrogen-bond acceptors (Lipinski definition) is 5. The average Bonchev–Trinajstić information content (AvgIpc) is 3.17. The van der Waals surface area contributed by atoms with E-state index in [9.17, 15) is 22.4 Å². The van der Waals surface area contributed by atoms with Gasteiger partial charge in [0.2, 0.25) is 11.8 Å². The predicted octanol–water partition coefficient (Wildman–Crippen LogP) is 1.85. The highest BCUT2D eigenvalue weighted by atomic mass is 32.2. The Morgan fingerprint density at radius 1 is 0.933 bits per heavy atom. The summed E-state index contributed by atoms with van der Waals surface area (Å²) in [4.78, 5) is 29.2. The van der Waals surface area contributed by atoms with E-state index in [1.165, 1.54) is 24.3 Å². The molecule has 4 rings (SSSR count). The molecule has 2 aromatic carbocycles. The van der Waals surface area contributed by atoms with Gasteiger partial charge in [0.15, 0.2) is 0 Å². The summed E-state index contributed by atoms with van der Waals surface area (Å²) in [7, 11) is -4.09. The van der Waals surface area contributed by atoms with Crippen LogP contribution in [0.5, 0.6) is 0 Å². The van der Waals surface area contributed by atoms with Crippen molar-refractivity contribution >= 4 is 27.5 Å². The second kappa shape index (κ2) is 8.06. The molecule has 0 spiro atoms. The van der Waals surface area contributed by atoms with Gasteiger partial charge in [-0.3, -0.25) is 9.59 Å². The van der Waals surface area contributed by atoms with Crippen molar-refractivity contribution in [2.75, 3.05) is 31.1 Å². The van der Waals surface area contributed by atoms with Gasteiger partial charge in [-0.05, 0) is 42.8 Å². The van der Waals surface area contributed by atoms with E-state index in [2.05, 4.69) is 0 Å². The zero-order valence-corrected chi connectivity index (χ0v) is 17.1. The second-order valence-corrected chi connectivity index (χ2v) is 9.17. The summed E-state index contributed by atoms with van der Waals surface area (Å²) < 4.78 is 39.9. The first kappa shape index (κ1) is 20.3. The third-order valence-electron chi connectivity index (χ3n) is 5.53. The number of halogens is 1. The lowest BCUT2D eigenvalue weighted by Gasteiger charge is -2.38. The molecular weight excluding hydrogens is 409 g/mol. The quantitative estimate of drug-likeness (QED) is 0.739. The Hall–Kier alpha value is -2.94. The zero-order chi connectivity index (χ0) is 21.3. The lowest BCUT2D eigenvalue weighted by molar-refractivity contribution is -0.138. The van der Waals surface area contributed by atoms with Crippen LogP contribution in [0.25, 0.3) is 0 Å². The van der Waals surface area contributed by atoms with Gasteiger partial charge in [-0.25, -0.2) is 17.1 Å². The lowest BCUT2D eigenvalue weighted by Crippen LogP contribution is -2.55. The molecular formula is C21H22FN3O4S. The van der Waals surface area contributed by atoms with Gasteiger partial charge in [0.05, 0.1) is 4.90 Å². The summed E-state index contributed by atoms with van der Waals surface area (Å²) in [6.07, 6.45) is 0.208. The fraction of sp³-hybridized carbons (Fsp3) is 0.333. The van der Waals surface area contributed by atoms with E-state index in [4.69, 9.17) is 0 Å². The number of carbonyl (C=O) groups excluding carboxylic acids is 2. The van der Waals surface area contributed by atoms with Crippen LogP contribution in [-0.2, 0) is 19.6 Å². The van der Waals surface area contributed by atoms with Crippen LogP contribution in [-0.4, -0.2) is 61.7 Å². The van der Waals surface area contributed by atoms with Crippen molar-refractivity contribution < 1.29 is 22.4 Å². The van der Waals surface area contributed by atoms with Crippen LogP contribution >= 0.6 is 0 Å². The van der Waals surface area contributed by atoms with Crippen molar-refractivity contribution in [1.82, 2.24) is 9.21 Å². The fourth-order valence-corrected chi connectivity index (χ4v) is 5.56. The number of hydrogen-bond donors (Lipinski definition) is 0. The van der Waals surface area contributed by atoms with Gasteiger partial charge in [0, 0.05) is 38.3 Å². The highest BCUT2D eigenvalue weighted by Crippen LogP contribution is 2.29. The predicted molar refractivity (Wildman–Crippen MR) is 109 cm³/mol. The molecule has 30 heavy (non-hydrogen) atoms. The summed E-state index contributed by atoms with van der Waals surface area (Å²) in [5.41, 5.74) is 0.868. The molecule has 0 saturated carbocycles. The number of rotatable bonds is 4. The summed E-state index contributed by atoms with van der Waals surface area (Å²) in [6.45, 7) is 1.90. The molecule has 9 heteroatoms. The largest absolute Gasteiger partial charge is 0.368 e. The molecule has 2 fully saturated rings. The van der Waals surface area contributed by atoms with Crippen LogP contribution in [0.4, 0.5) is 10.1 Å². The van der Waals surface area contributed by atoms with Gasteiger partial charge in [-0.1, -0.05) is 18.2 Å². The molecule has 0 N–H and O–H groups in total. The Kier molecular flexibility index (Phi) is 5.46. The Bertz CT molecular complexity index is 1040. The van der Waals surface area contributed by atoms with Gasteiger partial charge in [0.25, 0.3) is 10.0 Å². The number of piperazine rings is 1. The number of anilines is 1. The van der Waals surface area contributed by atoms with Crippen molar-refractivity contribution in [3.8, 4) is 0 Å². The minimum Gasteiger partial charge on any atom is -0.368 e. The van der Waals surface area contributed by atoms with Crippen molar-refractivity contribution in [3.63, 3.8) is 0 Å². The van der Waals surface area contributed by atoms with E-state index in [0.29, 0.717) is 26.2 Å². The maximum atomic E-state index is 13.1. The highest BCUT2D eigenvalue weighted by Gasteiger charge is 2.45. The van der Waals surface area contributed by atoms with Crippen LogP contribution in [0, 0.1) is 5.82 Å². The van der Waals surface area contributed by atoms with E-state index in [1.807, 2.05) is 4.90 Å². The monoisotopic (exact) mass is 431 g/mol. The normalized spacial score (nSPS) is 20.0. The standard InChI is InChI=1S/C21H22FN3O4S/c22-16-6-8-17(9-7-16)23-12-14-24(15-13-23)21(27)19-10-11-20(26)25(19)30(28,29)18-4-2-1-3-5-18/h1-9,19H,10-15H2/t19-/m1/s1. The minimum atomic E-state index is -4.09. The van der Waals surface area contributed by atoms with Crippen LogP contribution in [0.3, 0.4) is 0 Å². The molecule has 0 aliphatic carbocycles. The third-order valence-corrected chi connectivity index (χ3v) is 7.37. The number of sulfonamides is 1. The Morgan fingerprint density at radius 3 is 2.20 bits per heavy atom. The molecule has 2 aliphatic rings. The summed E-state index contributed by atoms with van der Waals surface area (Å²) >= 11 is 0. The van der Waals surface area contributed by atoms with Crippen molar-refractivity contribution in [2.45, 2.75) is 23.8 Å². The highest BCUT2D eigenvalue weighted by molar-refractivity contribution is 7.89. The number of benzene rings is 2. The van der Waals surface area contributed by atoms with Gasteiger partial charge < -0.3 is 9.80 Å². The maximum Gasteiger partial charge on any atom is 0.267 e. The molecule has 2 aromatic rings. The SMILES string of the molecule is O=C([C@H]1CCC(=O)N1S(=O)(=O)c1ccccc1)N1CCN(c2ccc(F)cc2)CC1. The summed E-state index contributed by atoms with van der Waals surface area (Å²) in [5.74, 6) is -1.21. The topological polar surface area (TPSA) is 78.0 Å². The van der Waals surface area contributed by atoms with Crippen LogP contribution < -0.4 is 4.90 Å². The molecule has 0 aromatic heterocycles. The van der Waals surface area contributed by atoms with E-state index in [1.54, 1.807) is 35.2 Å². The van der Waals surface area contributed by atoms with Gasteiger partial charge in [-0.2, -0.15) is 0 Å². The lowest BCUT2D eigenvalue weighted by atomic mass is 10.1. The van der Waals surface area contributed by atoms with Gasteiger partial charge in [-0.15, -0.1) is 0 Å². The first-order valence-electron chi connectivity index (χ1n) is 9.79. The molecule has 158 valence electrons. The maximum absolute atomic E-state index is 13.1. The molecule has 7 nitrogen and oxygen atoms in total. The van der Waals surface area contributed by atoms with E-state index < -0.39 is 22.0 Å². The Labute approximate surface area is 174 Å². The zero-order valence-electron chi connectivity index (χ0n) is 16.3. The average molecular weight is 431 g/mol. The molecule has 2 saturated heterocycles. The van der Waals surface area contributed by atoms with Crippen LogP contribution in [0.1, 0.15) is 12.8 Å². The summed E-state index contributed by atoms with van der Waals surface area (Å²) in [6, 6.07) is 12.8. The molecule has 0 bridgehead atoms. The van der Waals surface area contributed by atoms with E-state index >= 15 is 0 Å². The van der Waals surface area contributed by atoms with Crippen LogP contribution in [0.15, 0.2) is 59.5 Å². The fourth-order valence-electron chi connectivity index (χ4n) is 3.94. The van der Waals surface area contributed by atoms with Crippen molar-refractivity contribution in [2.24, 2.45) is 0 Å². The van der Waals surface area contributed by atoms with Crippen LogP contribution in [0.2, 0.25) is 0 Å². The Morgan fingerprint density at radius 2 is 1.57 bits per heavy atom. The third kappa shape index (κ3) is 3.77. The molecule has 0 radical (unpaired) electrons. The molecule has 0 unspecified atom stereocenters. The van der Waals surface area contributed by atoms with Crippen molar-refractivity contribution in [1.29, 1.82) is 0 Å². The first-order chi connectivity index (χ1) is 14.4.